The van der Waals surface area contributed by atoms with E-state index in [2.05, 4.69) is 21.4 Å². The van der Waals surface area contributed by atoms with Gasteiger partial charge in [-0.25, -0.2) is 9.97 Å². The lowest BCUT2D eigenvalue weighted by Crippen LogP contribution is -2.10. The Morgan fingerprint density at radius 3 is 3.06 bits per heavy atom. The summed E-state index contributed by atoms with van der Waals surface area (Å²) in [5, 5.41) is 3.28. The maximum absolute atomic E-state index is 5.91. The van der Waals surface area contributed by atoms with Crippen LogP contribution in [-0.2, 0) is 19.5 Å². The van der Waals surface area contributed by atoms with Crippen LogP contribution >= 0.6 is 0 Å². The number of rotatable bonds is 1. The molecule has 0 saturated heterocycles. The van der Waals surface area contributed by atoms with E-state index in [4.69, 9.17) is 4.74 Å². The second-order valence-corrected chi connectivity index (χ2v) is 4.72. The Labute approximate surface area is 105 Å². The topological polar surface area (TPSA) is 47.0 Å². The average Bonchev–Trinajstić information content (AvgIpc) is 3.04. The molecule has 0 spiro atoms. The summed E-state index contributed by atoms with van der Waals surface area (Å²) in [5.74, 6) is 1.76. The lowest BCUT2D eigenvalue weighted by molar-refractivity contribution is 0.227. The van der Waals surface area contributed by atoms with Gasteiger partial charge in [-0.3, -0.25) is 0 Å². The number of nitrogens with zero attached hydrogens (tertiary/aromatic N) is 2. The minimum absolute atomic E-state index is 0.0340. The third-order valence-electron chi connectivity index (χ3n) is 3.52. The van der Waals surface area contributed by atoms with E-state index < -0.39 is 0 Å². The van der Waals surface area contributed by atoms with Crippen molar-refractivity contribution in [2.75, 3.05) is 0 Å². The summed E-state index contributed by atoms with van der Waals surface area (Å²) >= 11 is 0. The van der Waals surface area contributed by atoms with Crippen LogP contribution in [0.5, 0.6) is 5.75 Å². The predicted molar refractivity (Wildman–Crippen MR) is 66.1 cm³/mol. The summed E-state index contributed by atoms with van der Waals surface area (Å²) < 4.78 is 5.91. The van der Waals surface area contributed by atoms with E-state index in [1.807, 2.05) is 24.4 Å². The molecule has 4 heteroatoms. The van der Waals surface area contributed by atoms with Crippen molar-refractivity contribution in [3.8, 4) is 5.75 Å². The molecule has 1 N–H and O–H groups in total. The highest BCUT2D eigenvalue weighted by Crippen LogP contribution is 2.35. The summed E-state index contributed by atoms with van der Waals surface area (Å²) in [4.78, 5) is 9.06. The first-order valence-electron chi connectivity index (χ1n) is 6.20. The average molecular weight is 239 g/mol. The Morgan fingerprint density at radius 1 is 1.17 bits per heavy atom. The van der Waals surface area contributed by atoms with Crippen LogP contribution in [0.2, 0.25) is 0 Å². The molecule has 2 aliphatic heterocycles. The van der Waals surface area contributed by atoms with Gasteiger partial charge in [-0.05, 0) is 11.6 Å². The van der Waals surface area contributed by atoms with Crippen molar-refractivity contribution in [2.24, 2.45) is 0 Å². The Balaban J connectivity index is 1.66. The number of fused-ring (bicyclic) bond motifs is 2. The van der Waals surface area contributed by atoms with Gasteiger partial charge in [0.1, 0.15) is 5.75 Å². The molecule has 0 radical (unpaired) electrons. The molecule has 90 valence electrons. The number of hydrogen-bond donors (Lipinski definition) is 1. The fourth-order valence-electron chi connectivity index (χ4n) is 2.56. The van der Waals surface area contributed by atoms with E-state index in [1.54, 1.807) is 0 Å². The van der Waals surface area contributed by atoms with Crippen LogP contribution in [0.25, 0.3) is 0 Å². The van der Waals surface area contributed by atoms with E-state index in [0.29, 0.717) is 0 Å². The van der Waals surface area contributed by atoms with Crippen molar-refractivity contribution in [3.63, 3.8) is 0 Å². The zero-order valence-electron chi connectivity index (χ0n) is 9.89. The van der Waals surface area contributed by atoms with Crippen molar-refractivity contribution in [1.29, 1.82) is 0 Å². The molecule has 4 rings (SSSR count). The Bertz CT molecular complexity index is 587. The van der Waals surface area contributed by atoms with E-state index >= 15 is 0 Å². The SMILES string of the molecule is c1ccc2c(c1)CC(c1ncc3c(n1)CNC3)O2. The van der Waals surface area contributed by atoms with Crippen molar-refractivity contribution in [2.45, 2.75) is 25.6 Å². The Kier molecular flexibility index (Phi) is 2.11. The Hall–Kier alpha value is -1.94. The molecule has 1 aromatic carbocycles. The van der Waals surface area contributed by atoms with Gasteiger partial charge in [-0.1, -0.05) is 18.2 Å². The maximum atomic E-state index is 5.91. The summed E-state index contributed by atoms with van der Waals surface area (Å²) in [6.07, 6.45) is 2.75. The maximum Gasteiger partial charge on any atom is 0.169 e. The molecule has 4 nitrogen and oxygen atoms in total. The number of benzene rings is 1. The van der Waals surface area contributed by atoms with Crippen molar-refractivity contribution < 1.29 is 4.74 Å². The van der Waals surface area contributed by atoms with Crippen LogP contribution < -0.4 is 10.1 Å². The van der Waals surface area contributed by atoms with Crippen LogP contribution in [0.15, 0.2) is 30.5 Å². The minimum Gasteiger partial charge on any atom is -0.482 e. The van der Waals surface area contributed by atoms with Gasteiger partial charge in [-0.2, -0.15) is 0 Å². The molecule has 3 heterocycles. The highest BCUT2D eigenvalue weighted by atomic mass is 16.5. The molecule has 1 atom stereocenters. The van der Waals surface area contributed by atoms with E-state index in [9.17, 15) is 0 Å². The van der Waals surface area contributed by atoms with Gasteiger partial charge >= 0.3 is 0 Å². The molecule has 0 aliphatic carbocycles. The lowest BCUT2D eigenvalue weighted by Gasteiger charge is -2.09. The van der Waals surface area contributed by atoms with Gasteiger partial charge in [0.25, 0.3) is 0 Å². The summed E-state index contributed by atoms with van der Waals surface area (Å²) in [6, 6.07) is 8.14. The summed E-state index contributed by atoms with van der Waals surface area (Å²) in [5.41, 5.74) is 3.55. The van der Waals surface area contributed by atoms with Crippen LogP contribution in [0.4, 0.5) is 0 Å². The van der Waals surface area contributed by atoms with Gasteiger partial charge < -0.3 is 10.1 Å². The van der Waals surface area contributed by atoms with Gasteiger partial charge in [0, 0.05) is 31.3 Å². The molecule has 1 aromatic heterocycles. The predicted octanol–water partition coefficient (Wildman–Crippen LogP) is 1.76. The van der Waals surface area contributed by atoms with Gasteiger partial charge in [0.2, 0.25) is 0 Å². The first-order chi connectivity index (χ1) is 8.90. The molecular formula is C14H13N3O. The highest BCUT2D eigenvalue weighted by molar-refractivity contribution is 5.38. The second-order valence-electron chi connectivity index (χ2n) is 4.72. The number of aromatic nitrogens is 2. The second kappa shape index (κ2) is 3.78. The molecular weight excluding hydrogens is 226 g/mol. The largest absolute Gasteiger partial charge is 0.482 e. The van der Waals surface area contributed by atoms with Gasteiger partial charge in [0.05, 0.1) is 5.69 Å². The first-order valence-corrected chi connectivity index (χ1v) is 6.20. The fraction of sp³-hybridized carbons (Fsp3) is 0.286. The quantitative estimate of drug-likeness (QED) is 0.823. The molecule has 0 bridgehead atoms. The molecule has 0 fully saturated rings. The normalized spacial score (nSPS) is 20.3. The number of para-hydroxylation sites is 1. The number of hydrogen-bond acceptors (Lipinski definition) is 4. The molecule has 2 aliphatic rings. The van der Waals surface area contributed by atoms with Crippen molar-refractivity contribution in [3.05, 3.63) is 53.1 Å². The van der Waals surface area contributed by atoms with Gasteiger partial charge in [-0.15, -0.1) is 0 Å². The molecule has 18 heavy (non-hydrogen) atoms. The zero-order chi connectivity index (χ0) is 11.9. The minimum atomic E-state index is -0.0340. The molecule has 2 aromatic rings. The van der Waals surface area contributed by atoms with Crippen molar-refractivity contribution >= 4 is 0 Å². The summed E-state index contributed by atoms with van der Waals surface area (Å²) in [6.45, 7) is 1.71. The lowest BCUT2D eigenvalue weighted by atomic mass is 10.1. The highest BCUT2D eigenvalue weighted by Gasteiger charge is 2.27. The third-order valence-corrected chi connectivity index (χ3v) is 3.52. The summed E-state index contributed by atoms with van der Waals surface area (Å²) in [7, 11) is 0. The van der Waals surface area contributed by atoms with Crippen molar-refractivity contribution in [1.82, 2.24) is 15.3 Å². The van der Waals surface area contributed by atoms with Crippen LogP contribution in [0.1, 0.15) is 28.7 Å². The third kappa shape index (κ3) is 1.49. The fourth-order valence-corrected chi connectivity index (χ4v) is 2.56. The smallest absolute Gasteiger partial charge is 0.169 e. The zero-order valence-corrected chi connectivity index (χ0v) is 9.89. The van der Waals surface area contributed by atoms with Gasteiger partial charge in [0.15, 0.2) is 11.9 Å². The molecule has 0 amide bonds. The number of nitrogens with one attached hydrogen (secondary N) is 1. The van der Waals surface area contributed by atoms with Crippen LogP contribution in [-0.4, -0.2) is 9.97 Å². The van der Waals surface area contributed by atoms with Crippen LogP contribution in [0.3, 0.4) is 0 Å². The number of ether oxygens (including phenoxy) is 1. The Morgan fingerprint density at radius 2 is 2.11 bits per heavy atom. The monoisotopic (exact) mass is 239 g/mol. The first kappa shape index (κ1) is 10.0. The van der Waals surface area contributed by atoms with E-state index in [-0.39, 0.29) is 6.10 Å². The van der Waals surface area contributed by atoms with Crippen LogP contribution in [0, 0.1) is 0 Å². The standard InChI is InChI=1S/C14H13N3O/c1-2-4-12-9(3-1)5-13(18-12)14-16-7-10-6-15-8-11(10)17-14/h1-4,7,13,15H,5-6,8H2. The van der Waals surface area contributed by atoms with E-state index in [0.717, 1.165) is 36.8 Å². The van der Waals surface area contributed by atoms with E-state index in [1.165, 1.54) is 11.1 Å². The molecule has 1 unspecified atom stereocenters. The molecule has 0 saturated carbocycles.